The molecule has 5 heteroatoms. The minimum atomic E-state index is -0.0227. The van der Waals surface area contributed by atoms with Gasteiger partial charge in [-0.1, -0.05) is 19.9 Å². The zero-order valence-electron chi connectivity index (χ0n) is 12.1. The van der Waals surface area contributed by atoms with Crippen LogP contribution in [0.3, 0.4) is 0 Å². The number of carbonyl (C=O) groups excluding carboxylic acids is 1. The Morgan fingerprint density at radius 2 is 2.10 bits per heavy atom. The van der Waals surface area contributed by atoms with Crippen LogP contribution in [-0.4, -0.2) is 29.9 Å². The topological polar surface area (TPSA) is 46.3 Å². The molecule has 1 aliphatic rings. The fourth-order valence-corrected chi connectivity index (χ4v) is 3.17. The van der Waals surface area contributed by atoms with Crippen LogP contribution in [0.1, 0.15) is 36.2 Å². The molecule has 1 unspecified atom stereocenters. The smallest absolute Gasteiger partial charge is 0.255 e. The van der Waals surface area contributed by atoms with E-state index in [-0.39, 0.29) is 29.8 Å². The van der Waals surface area contributed by atoms with Gasteiger partial charge in [0.2, 0.25) is 0 Å². The predicted octanol–water partition coefficient (Wildman–Crippen LogP) is 3.38. The van der Waals surface area contributed by atoms with Crippen molar-refractivity contribution in [2.75, 3.05) is 13.1 Å². The molecule has 0 spiro atoms. The summed E-state index contributed by atoms with van der Waals surface area (Å²) in [5.74, 6) is 0.0897. The summed E-state index contributed by atoms with van der Waals surface area (Å²) in [6.07, 6.45) is 0.863. The van der Waals surface area contributed by atoms with Crippen molar-refractivity contribution in [2.45, 2.75) is 33.2 Å². The molecule has 20 heavy (non-hydrogen) atoms. The predicted molar refractivity (Wildman–Crippen MR) is 88.4 cm³/mol. The van der Waals surface area contributed by atoms with Crippen LogP contribution in [0, 0.1) is 12.3 Å². The number of likely N-dealkylation sites (tertiary alicyclic amines) is 1. The maximum Gasteiger partial charge on any atom is 0.255 e. The molecule has 0 saturated carbocycles. The largest absolute Gasteiger partial charge is 0.338 e. The molecule has 1 amide bonds. The lowest BCUT2D eigenvalue weighted by Crippen LogP contribution is -2.54. The molecule has 1 aromatic carbocycles. The second-order valence-electron chi connectivity index (χ2n) is 6.09. The third-order valence-electron chi connectivity index (χ3n) is 3.95. The van der Waals surface area contributed by atoms with Crippen molar-refractivity contribution in [1.82, 2.24) is 4.90 Å². The van der Waals surface area contributed by atoms with Crippen molar-refractivity contribution in [1.29, 1.82) is 0 Å². The Bertz CT molecular complexity index is 505. The van der Waals surface area contributed by atoms with E-state index in [1.807, 2.05) is 30.0 Å². The zero-order chi connectivity index (χ0) is 14.2. The first-order valence-corrected chi connectivity index (χ1v) is 7.41. The van der Waals surface area contributed by atoms with Gasteiger partial charge in [0, 0.05) is 23.6 Å². The average molecular weight is 362 g/mol. The van der Waals surface area contributed by atoms with Gasteiger partial charge >= 0.3 is 0 Å². The monoisotopic (exact) mass is 360 g/mol. The third kappa shape index (κ3) is 3.54. The molecule has 2 rings (SSSR count). The van der Waals surface area contributed by atoms with Crippen LogP contribution in [0.5, 0.6) is 0 Å². The molecular weight excluding hydrogens is 340 g/mol. The first-order chi connectivity index (χ1) is 8.81. The summed E-state index contributed by atoms with van der Waals surface area (Å²) in [4.78, 5) is 14.5. The fraction of sp³-hybridized carbons (Fsp3) is 0.533. The number of rotatable bonds is 1. The van der Waals surface area contributed by atoms with Crippen molar-refractivity contribution in [3.63, 3.8) is 0 Å². The Morgan fingerprint density at radius 3 is 2.65 bits per heavy atom. The third-order valence-corrected chi connectivity index (χ3v) is 4.61. The minimum absolute atomic E-state index is 0. The van der Waals surface area contributed by atoms with Crippen molar-refractivity contribution >= 4 is 34.2 Å². The van der Waals surface area contributed by atoms with Crippen LogP contribution in [0.4, 0.5) is 0 Å². The van der Waals surface area contributed by atoms with E-state index in [9.17, 15) is 4.79 Å². The molecule has 1 saturated heterocycles. The fourth-order valence-electron chi connectivity index (χ4n) is 2.51. The van der Waals surface area contributed by atoms with Gasteiger partial charge in [-0.3, -0.25) is 4.79 Å². The van der Waals surface area contributed by atoms with Crippen molar-refractivity contribution < 1.29 is 4.79 Å². The minimum Gasteiger partial charge on any atom is -0.338 e. The molecule has 3 nitrogen and oxygen atoms in total. The summed E-state index contributed by atoms with van der Waals surface area (Å²) >= 11 is 3.48. The highest BCUT2D eigenvalue weighted by atomic mass is 79.9. The average Bonchev–Trinajstić information content (AvgIpc) is 2.32. The summed E-state index contributed by atoms with van der Waals surface area (Å²) in [6, 6.07) is 6.01. The van der Waals surface area contributed by atoms with Crippen molar-refractivity contribution in [3.05, 3.63) is 33.8 Å². The van der Waals surface area contributed by atoms with Crippen molar-refractivity contribution in [3.8, 4) is 0 Å². The number of aryl methyl sites for hydroxylation is 1. The van der Waals surface area contributed by atoms with Crippen molar-refractivity contribution in [2.24, 2.45) is 11.1 Å². The molecule has 1 heterocycles. The lowest BCUT2D eigenvalue weighted by Gasteiger charge is -2.42. The quantitative estimate of drug-likeness (QED) is 0.833. The number of nitrogens with two attached hydrogens (primary N) is 1. The van der Waals surface area contributed by atoms with Crippen LogP contribution in [-0.2, 0) is 0 Å². The lowest BCUT2D eigenvalue weighted by molar-refractivity contribution is 0.0532. The number of carbonyl (C=O) groups is 1. The maximum absolute atomic E-state index is 12.6. The highest BCUT2D eigenvalue weighted by Crippen LogP contribution is 2.29. The Morgan fingerprint density at radius 1 is 1.45 bits per heavy atom. The van der Waals surface area contributed by atoms with E-state index in [1.165, 1.54) is 0 Å². The molecule has 1 fully saturated rings. The molecular formula is C15H22BrClN2O. The van der Waals surface area contributed by atoms with Gasteiger partial charge in [-0.25, -0.2) is 0 Å². The van der Waals surface area contributed by atoms with E-state index in [4.69, 9.17) is 5.73 Å². The van der Waals surface area contributed by atoms with E-state index >= 15 is 0 Å². The summed E-state index contributed by atoms with van der Waals surface area (Å²) < 4.78 is 0.866. The first kappa shape index (κ1) is 17.5. The highest BCUT2D eigenvalue weighted by molar-refractivity contribution is 9.10. The summed E-state index contributed by atoms with van der Waals surface area (Å²) in [5.41, 5.74) is 7.97. The van der Waals surface area contributed by atoms with Gasteiger partial charge in [-0.15, -0.1) is 12.4 Å². The molecule has 0 aromatic heterocycles. The number of piperidine rings is 1. The van der Waals surface area contributed by atoms with Crippen LogP contribution in [0.2, 0.25) is 0 Å². The summed E-state index contributed by atoms with van der Waals surface area (Å²) in [7, 11) is 0. The number of benzene rings is 1. The second kappa shape index (κ2) is 6.46. The van der Waals surface area contributed by atoms with Gasteiger partial charge in [0.1, 0.15) is 0 Å². The van der Waals surface area contributed by atoms with Gasteiger partial charge in [0.15, 0.2) is 0 Å². The van der Waals surface area contributed by atoms with Gasteiger partial charge in [0.25, 0.3) is 5.91 Å². The number of hydrogen-bond donors (Lipinski definition) is 1. The van der Waals surface area contributed by atoms with E-state index in [1.54, 1.807) is 0 Å². The number of hydrogen-bond acceptors (Lipinski definition) is 2. The Kier molecular flexibility index (Phi) is 5.64. The number of amides is 1. The van der Waals surface area contributed by atoms with Gasteiger partial charge < -0.3 is 10.6 Å². The second-order valence-corrected chi connectivity index (χ2v) is 6.95. The normalized spacial score (nSPS) is 21.2. The van der Waals surface area contributed by atoms with E-state index < -0.39 is 0 Å². The number of nitrogens with zero attached hydrogens (tertiary/aromatic N) is 1. The van der Waals surface area contributed by atoms with Gasteiger partial charge in [-0.2, -0.15) is 0 Å². The lowest BCUT2D eigenvalue weighted by atomic mass is 9.79. The highest BCUT2D eigenvalue weighted by Gasteiger charge is 2.35. The first-order valence-electron chi connectivity index (χ1n) is 6.62. The summed E-state index contributed by atoms with van der Waals surface area (Å²) in [5, 5.41) is 0. The molecule has 1 aliphatic heterocycles. The molecule has 2 N–H and O–H groups in total. The van der Waals surface area contributed by atoms with Crippen LogP contribution >= 0.6 is 28.3 Å². The van der Waals surface area contributed by atoms with E-state index in [0.29, 0.717) is 6.54 Å². The standard InChI is InChI=1S/C15H21BrN2O.ClH/c1-10-4-5-11(12(16)8-10)14(19)18-7-6-13(17)15(2,3)9-18;/h4-5,8,13H,6-7,9,17H2,1-3H3;1H. The van der Waals surface area contributed by atoms with Gasteiger partial charge in [0.05, 0.1) is 5.56 Å². The molecule has 112 valence electrons. The molecule has 0 aliphatic carbocycles. The molecule has 0 radical (unpaired) electrons. The van der Waals surface area contributed by atoms with Gasteiger partial charge in [-0.05, 0) is 52.4 Å². The summed E-state index contributed by atoms with van der Waals surface area (Å²) in [6.45, 7) is 7.72. The van der Waals surface area contributed by atoms with E-state index in [2.05, 4.69) is 29.8 Å². The van der Waals surface area contributed by atoms with Crippen LogP contribution in [0.15, 0.2) is 22.7 Å². The number of halogens is 2. The molecule has 1 atom stereocenters. The molecule has 0 bridgehead atoms. The Labute approximate surface area is 135 Å². The Balaban J connectivity index is 0.00000200. The SMILES string of the molecule is Cc1ccc(C(=O)N2CCC(N)C(C)(C)C2)c(Br)c1.Cl. The van der Waals surface area contributed by atoms with Crippen LogP contribution in [0.25, 0.3) is 0 Å². The molecule has 1 aromatic rings. The zero-order valence-corrected chi connectivity index (χ0v) is 14.6. The van der Waals surface area contributed by atoms with Crippen LogP contribution < -0.4 is 5.73 Å². The van der Waals surface area contributed by atoms with E-state index in [0.717, 1.165) is 28.6 Å². The maximum atomic E-state index is 12.6. The Hall–Kier alpha value is -0.580.